The van der Waals surface area contributed by atoms with Gasteiger partial charge in [0, 0.05) is 20.0 Å². The standard InChI is InChI=1S/C15H27NO/c1-4-6-7-8-9-14-11-15(14)12-16(10-5-2)13(3)17/h6-7,14-15H,4-5,8-12H2,1-3H3. The fourth-order valence-electron chi connectivity index (χ4n) is 2.41. The summed E-state index contributed by atoms with van der Waals surface area (Å²) in [5.74, 6) is 1.89. The Balaban J connectivity index is 2.17. The highest BCUT2D eigenvalue weighted by Crippen LogP contribution is 2.42. The zero-order valence-electron chi connectivity index (χ0n) is 11.6. The maximum atomic E-state index is 11.4. The van der Waals surface area contributed by atoms with E-state index in [2.05, 4.69) is 26.0 Å². The van der Waals surface area contributed by atoms with E-state index >= 15 is 0 Å². The molecule has 0 aromatic carbocycles. The number of nitrogens with zero attached hydrogens (tertiary/aromatic N) is 1. The normalized spacial score (nSPS) is 23.0. The third-order valence-electron chi connectivity index (χ3n) is 3.57. The van der Waals surface area contributed by atoms with Gasteiger partial charge >= 0.3 is 0 Å². The van der Waals surface area contributed by atoms with Gasteiger partial charge in [0.2, 0.25) is 5.91 Å². The van der Waals surface area contributed by atoms with Crippen molar-refractivity contribution in [2.45, 2.75) is 52.9 Å². The Kier molecular flexibility index (Phi) is 6.31. The minimum absolute atomic E-state index is 0.239. The van der Waals surface area contributed by atoms with E-state index in [1.165, 1.54) is 19.3 Å². The molecule has 0 aromatic rings. The summed E-state index contributed by atoms with van der Waals surface area (Å²) >= 11 is 0. The first-order chi connectivity index (χ1) is 8.19. The van der Waals surface area contributed by atoms with Crippen molar-refractivity contribution >= 4 is 5.91 Å². The zero-order valence-corrected chi connectivity index (χ0v) is 11.6. The number of carbonyl (C=O) groups excluding carboxylic acids is 1. The molecule has 0 bridgehead atoms. The van der Waals surface area contributed by atoms with E-state index in [0.29, 0.717) is 0 Å². The second-order valence-electron chi connectivity index (χ2n) is 5.18. The van der Waals surface area contributed by atoms with Gasteiger partial charge < -0.3 is 4.90 Å². The summed E-state index contributed by atoms with van der Waals surface area (Å²) in [6.07, 6.45) is 10.6. The molecule has 0 aliphatic heterocycles. The third kappa shape index (κ3) is 5.38. The molecule has 98 valence electrons. The van der Waals surface area contributed by atoms with Crippen LogP contribution >= 0.6 is 0 Å². The smallest absolute Gasteiger partial charge is 0.219 e. The molecule has 0 saturated heterocycles. The average Bonchev–Trinajstić information content (AvgIpc) is 3.02. The van der Waals surface area contributed by atoms with Crippen LogP contribution in [0.15, 0.2) is 12.2 Å². The van der Waals surface area contributed by atoms with E-state index in [1.54, 1.807) is 6.92 Å². The van der Waals surface area contributed by atoms with E-state index < -0.39 is 0 Å². The van der Waals surface area contributed by atoms with Gasteiger partial charge in [0.15, 0.2) is 0 Å². The lowest BCUT2D eigenvalue weighted by molar-refractivity contribution is -0.129. The lowest BCUT2D eigenvalue weighted by Gasteiger charge is -2.20. The number of amides is 1. The van der Waals surface area contributed by atoms with Crippen molar-refractivity contribution in [1.29, 1.82) is 0 Å². The van der Waals surface area contributed by atoms with Gasteiger partial charge in [-0.3, -0.25) is 4.79 Å². The predicted octanol–water partition coefficient (Wildman–Crippen LogP) is 3.63. The summed E-state index contributed by atoms with van der Waals surface area (Å²) in [6, 6.07) is 0. The Hall–Kier alpha value is -0.790. The van der Waals surface area contributed by atoms with Crippen molar-refractivity contribution in [3.63, 3.8) is 0 Å². The van der Waals surface area contributed by atoms with E-state index in [0.717, 1.165) is 37.8 Å². The molecule has 1 aliphatic carbocycles. The van der Waals surface area contributed by atoms with Gasteiger partial charge in [-0.25, -0.2) is 0 Å². The van der Waals surface area contributed by atoms with Crippen molar-refractivity contribution < 1.29 is 4.79 Å². The number of carbonyl (C=O) groups is 1. The maximum Gasteiger partial charge on any atom is 0.219 e. The van der Waals surface area contributed by atoms with Gasteiger partial charge in [-0.2, -0.15) is 0 Å². The summed E-state index contributed by atoms with van der Waals surface area (Å²) in [5, 5.41) is 0. The van der Waals surface area contributed by atoms with Gasteiger partial charge in [-0.1, -0.05) is 26.0 Å². The second-order valence-corrected chi connectivity index (χ2v) is 5.18. The highest BCUT2D eigenvalue weighted by Gasteiger charge is 2.37. The van der Waals surface area contributed by atoms with Crippen LogP contribution < -0.4 is 0 Å². The van der Waals surface area contributed by atoms with Crippen molar-refractivity contribution in [3.05, 3.63) is 12.2 Å². The van der Waals surface area contributed by atoms with E-state index in [-0.39, 0.29) is 5.91 Å². The van der Waals surface area contributed by atoms with Gasteiger partial charge in [-0.05, 0) is 43.9 Å². The average molecular weight is 237 g/mol. The SMILES string of the molecule is CCC=CCCC1CC1CN(CCC)C(C)=O. The molecule has 2 nitrogen and oxygen atoms in total. The van der Waals surface area contributed by atoms with E-state index in [1.807, 2.05) is 4.90 Å². The van der Waals surface area contributed by atoms with Crippen LogP contribution in [0, 0.1) is 11.8 Å². The van der Waals surface area contributed by atoms with Crippen molar-refractivity contribution in [1.82, 2.24) is 4.90 Å². The first kappa shape index (κ1) is 14.3. The topological polar surface area (TPSA) is 20.3 Å². The molecule has 0 heterocycles. The van der Waals surface area contributed by atoms with E-state index in [4.69, 9.17) is 0 Å². The number of rotatable bonds is 8. The van der Waals surface area contributed by atoms with Gasteiger partial charge in [0.25, 0.3) is 0 Å². The van der Waals surface area contributed by atoms with Crippen LogP contribution in [-0.2, 0) is 4.79 Å². The Morgan fingerprint density at radius 3 is 2.65 bits per heavy atom. The Morgan fingerprint density at radius 1 is 1.29 bits per heavy atom. The lowest BCUT2D eigenvalue weighted by Crippen LogP contribution is -2.31. The van der Waals surface area contributed by atoms with E-state index in [9.17, 15) is 4.79 Å². The van der Waals surface area contributed by atoms with Crippen LogP contribution in [0.25, 0.3) is 0 Å². The minimum Gasteiger partial charge on any atom is -0.343 e. The molecule has 2 atom stereocenters. The molecule has 0 N–H and O–H groups in total. The molecule has 0 spiro atoms. The number of allylic oxidation sites excluding steroid dienone is 2. The van der Waals surface area contributed by atoms with Crippen molar-refractivity contribution in [2.75, 3.05) is 13.1 Å². The summed E-state index contributed by atoms with van der Waals surface area (Å²) in [6.45, 7) is 7.92. The molecule has 1 rings (SSSR count). The van der Waals surface area contributed by atoms with Crippen LogP contribution in [0.3, 0.4) is 0 Å². The fourth-order valence-corrected chi connectivity index (χ4v) is 2.41. The van der Waals surface area contributed by atoms with Gasteiger partial charge in [0.05, 0.1) is 0 Å². The fraction of sp³-hybridized carbons (Fsp3) is 0.800. The molecule has 17 heavy (non-hydrogen) atoms. The summed E-state index contributed by atoms with van der Waals surface area (Å²) in [7, 11) is 0. The van der Waals surface area contributed by atoms with Crippen LogP contribution in [0.2, 0.25) is 0 Å². The summed E-state index contributed by atoms with van der Waals surface area (Å²) in [5.41, 5.74) is 0. The Bertz CT molecular complexity index is 260. The minimum atomic E-state index is 0.239. The molecule has 2 unspecified atom stereocenters. The highest BCUT2D eigenvalue weighted by atomic mass is 16.2. The van der Waals surface area contributed by atoms with Gasteiger partial charge in [-0.15, -0.1) is 0 Å². The Morgan fingerprint density at radius 2 is 2.06 bits per heavy atom. The molecule has 1 saturated carbocycles. The molecule has 2 heteroatoms. The summed E-state index contributed by atoms with van der Waals surface area (Å²) in [4.78, 5) is 13.4. The van der Waals surface area contributed by atoms with Crippen molar-refractivity contribution in [2.24, 2.45) is 11.8 Å². The molecule has 1 fully saturated rings. The largest absolute Gasteiger partial charge is 0.343 e. The third-order valence-corrected chi connectivity index (χ3v) is 3.57. The lowest BCUT2D eigenvalue weighted by atomic mass is 10.1. The van der Waals surface area contributed by atoms with Gasteiger partial charge in [0.1, 0.15) is 0 Å². The first-order valence-electron chi connectivity index (χ1n) is 7.09. The zero-order chi connectivity index (χ0) is 12.7. The van der Waals surface area contributed by atoms with Crippen LogP contribution in [-0.4, -0.2) is 23.9 Å². The Labute approximate surface area is 106 Å². The quantitative estimate of drug-likeness (QED) is 0.590. The van der Waals surface area contributed by atoms with Crippen LogP contribution in [0.4, 0.5) is 0 Å². The highest BCUT2D eigenvalue weighted by molar-refractivity contribution is 5.73. The van der Waals surface area contributed by atoms with Crippen molar-refractivity contribution in [3.8, 4) is 0 Å². The molecule has 1 amide bonds. The van der Waals surface area contributed by atoms with Crippen LogP contribution in [0.1, 0.15) is 52.9 Å². The molecular weight excluding hydrogens is 210 g/mol. The molecule has 0 aromatic heterocycles. The molecular formula is C15H27NO. The second kappa shape index (κ2) is 7.52. The monoisotopic (exact) mass is 237 g/mol. The number of hydrogen-bond donors (Lipinski definition) is 0. The molecule has 1 aliphatic rings. The summed E-state index contributed by atoms with van der Waals surface area (Å²) < 4.78 is 0. The van der Waals surface area contributed by atoms with Crippen LogP contribution in [0.5, 0.6) is 0 Å². The number of hydrogen-bond acceptors (Lipinski definition) is 1. The predicted molar refractivity (Wildman–Crippen MR) is 72.8 cm³/mol. The molecule has 0 radical (unpaired) electrons. The first-order valence-corrected chi connectivity index (χ1v) is 7.09. The maximum absolute atomic E-state index is 11.4.